The van der Waals surface area contributed by atoms with Gasteiger partial charge in [-0.15, -0.1) is 0 Å². The van der Waals surface area contributed by atoms with Gasteiger partial charge in [0.15, 0.2) is 0 Å². The molecule has 0 spiro atoms. The van der Waals surface area contributed by atoms with Crippen LogP contribution >= 0.6 is 0 Å². The van der Waals surface area contributed by atoms with Gasteiger partial charge in [-0.2, -0.15) is 8.42 Å². The average molecular weight is 233 g/mol. The fraction of sp³-hybridized carbons (Fsp3) is 0.286. The minimum Gasteiger partial charge on any atom is -0.478 e. The Hall–Kier alpha value is -1.54. The molecule has 0 saturated carbocycles. The van der Waals surface area contributed by atoms with Crippen LogP contribution < -0.4 is 9.44 Å². The minimum atomic E-state index is -3.70. The standard InChI is InChI=1S/C7H11N3O4S/c1-4-6(7(11)12)5(3-9-4)10-15(13,14)8-2/h3,8-10H,1-2H3,(H,11,12). The van der Waals surface area contributed by atoms with Crippen LogP contribution in [-0.4, -0.2) is 31.5 Å². The normalized spacial score (nSPS) is 11.3. The molecular formula is C7H11N3O4S. The number of carboxylic acid groups (broad SMARTS) is 1. The summed E-state index contributed by atoms with van der Waals surface area (Å²) in [5.41, 5.74) is 0.305. The molecule has 0 radical (unpaired) electrons. The number of nitrogens with one attached hydrogen (secondary N) is 3. The third-order valence-corrected chi connectivity index (χ3v) is 2.83. The number of aryl methyl sites for hydroxylation is 1. The van der Waals surface area contributed by atoms with Crippen molar-refractivity contribution in [2.45, 2.75) is 6.92 Å². The van der Waals surface area contributed by atoms with Crippen LogP contribution in [0.2, 0.25) is 0 Å². The number of anilines is 1. The van der Waals surface area contributed by atoms with Crippen LogP contribution in [0, 0.1) is 6.92 Å². The van der Waals surface area contributed by atoms with E-state index in [0.717, 1.165) is 0 Å². The maximum absolute atomic E-state index is 11.1. The van der Waals surface area contributed by atoms with E-state index in [1.165, 1.54) is 13.2 Å². The SMILES string of the molecule is CNS(=O)(=O)Nc1c[nH]c(C)c1C(=O)O. The number of aromatic nitrogens is 1. The molecule has 1 aromatic rings. The monoisotopic (exact) mass is 233 g/mol. The molecule has 0 amide bonds. The highest BCUT2D eigenvalue weighted by Crippen LogP contribution is 2.19. The Kier molecular flexibility index (Phi) is 3.01. The molecule has 0 fully saturated rings. The van der Waals surface area contributed by atoms with Gasteiger partial charge in [-0.25, -0.2) is 9.52 Å². The molecule has 7 nitrogen and oxygen atoms in total. The lowest BCUT2D eigenvalue weighted by molar-refractivity contribution is 0.0697. The molecule has 8 heteroatoms. The van der Waals surface area contributed by atoms with Gasteiger partial charge in [0.1, 0.15) is 5.56 Å². The van der Waals surface area contributed by atoms with Crippen molar-refractivity contribution in [3.8, 4) is 0 Å². The van der Waals surface area contributed by atoms with Gasteiger partial charge < -0.3 is 10.1 Å². The molecule has 0 bridgehead atoms. The fourth-order valence-corrected chi connectivity index (χ4v) is 1.63. The molecule has 0 unspecified atom stereocenters. The molecule has 4 N–H and O–H groups in total. The Labute approximate surface area is 86.7 Å². The summed E-state index contributed by atoms with van der Waals surface area (Å²) in [5.74, 6) is -1.19. The van der Waals surface area contributed by atoms with Gasteiger partial charge in [0.2, 0.25) is 0 Å². The first-order valence-corrected chi connectivity index (χ1v) is 5.48. The van der Waals surface area contributed by atoms with E-state index in [1.807, 2.05) is 4.72 Å². The second-order valence-electron chi connectivity index (χ2n) is 2.82. The molecule has 1 rings (SSSR count). The van der Waals surface area contributed by atoms with Gasteiger partial charge in [-0.3, -0.25) is 4.72 Å². The lowest BCUT2D eigenvalue weighted by Gasteiger charge is -2.05. The molecule has 15 heavy (non-hydrogen) atoms. The second kappa shape index (κ2) is 3.91. The average Bonchev–Trinajstić information content (AvgIpc) is 2.46. The number of aromatic carboxylic acids is 1. The summed E-state index contributed by atoms with van der Waals surface area (Å²) in [6.07, 6.45) is 1.29. The lowest BCUT2D eigenvalue weighted by Crippen LogP contribution is -2.26. The van der Waals surface area contributed by atoms with Crippen LogP contribution in [0.1, 0.15) is 16.1 Å². The molecule has 0 aromatic carbocycles. The van der Waals surface area contributed by atoms with Gasteiger partial charge in [0, 0.05) is 18.9 Å². The summed E-state index contributed by atoms with van der Waals surface area (Å²) in [6.45, 7) is 1.54. The van der Waals surface area contributed by atoms with Crippen LogP contribution in [0.4, 0.5) is 5.69 Å². The Morgan fingerprint density at radius 1 is 1.53 bits per heavy atom. The lowest BCUT2D eigenvalue weighted by atomic mass is 10.2. The maximum atomic E-state index is 11.1. The van der Waals surface area contributed by atoms with Crippen molar-refractivity contribution >= 4 is 21.9 Å². The second-order valence-corrected chi connectivity index (χ2v) is 4.44. The highest BCUT2D eigenvalue weighted by atomic mass is 32.2. The summed E-state index contributed by atoms with van der Waals surface area (Å²) in [7, 11) is -2.47. The number of rotatable bonds is 4. The zero-order chi connectivity index (χ0) is 11.6. The van der Waals surface area contributed by atoms with Crippen molar-refractivity contribution in [1.82, 2.24) is 9.71 Å². The van der Waals surface area contributed by atoms with Crippen molar-refractivity contribution < 1.29 is 18.3 Å². The highest BCUT2D eigenvalue weighted by Gasteiger charge is 2.18. The Morgan fingerprint density at radius 3 is 2.60 bits per heavy atom. The first-order valence-electron chi connectivity index (χ1n) is 4.00. The molecular weight excluding hydrogens is 222 g/mol. The summed E-state index contributed by atoms with van der Waals surface area (Å²) in [5, 5.41) is 8.83. The summed E-state index contributed by atoms with van der Waals surface area (Å²) < 4.78 is 26.4. The van der Waals surface area contributed by atoms with E-state index in [2.05, 4.69) is 9.71 Å². The van der Waals surface area contributed by atoms with Crippen molar-refractivity contribution in [1.29, 1.82) is 0 Å². The van der Waals surface area contributed by atoms with Crippen molar-refractivity contribution in [2.24, 2.45) is 0 Å². The number of hydrogen-bond donors (Lipinski definition) is 4. The van der Waals surface area contributed by atoms with E-state index < -0.39 is 16.2 Å². The van der Waals surface area contributed by atoms with Crippen LogP contribution in [0.15, 0.2) is 6.20 Å². The van der Waals surface area contributed by atoms with Gasteiger partial charge in [-0.05, 0) is 6.92 Å². The molecule has 84 valence electrons. The topological polar surface area (TPSA) is 111 Å². The highest BCUT2D eigenvalue weighted by molar-refractivity contribution is 7.90. The number of hydrogen-bond acceptors (Lipinski definition) is 3. The van der Waals surface area contributed by atoms with Gasteiger partial charge >= 0.3 is 5.97 Å². The van der Waals surface area contributed by atoms with Crippen LogP contribution in [0.3, 0.4) is 0 Å². The Bertz CT molecular complexity index is 476. The number of H-pyrrole nitrogens is 1. The number of carbonyl (C=O) groups is 1. The van der Waals surface area contributed by atoms with Gasteiger partial charge in [-0.1, -0.05) is 0 Å². The molecule has 0 atom stereocenters. The third kappa shape index (κ3) is 2.48. The maximum Gasteiger partial charge on any atom is 0.339 e. The summed E-state index contributed by atoms with van der Waals surface area (Å²) >= 11 is 0. The summed E-state index contributed by atoms with van der Waals surface area (Å²) in [4.78, 5) is 13.4. The Morgan fingerprint density at radius 2 is 2.13 bits per heavy atom. The van der Waals surface area contributed by atoms with E-state index in [9.17, 15) is 13.2 Å². The molecule has 0 aliphatic rings. The quantitative estimate of drug-likeness (QED) is 0.581. The molecule has 0 aliphatic heterocycles. The molecule has 1 heterocycles. The molecule has 0 saturated heterocycles. The van der Waals surface area contributed by atoms with Crippen molar-refractivity contribution in [2.75, 3.05) is 11.8 Å². The van der Waals surface area contributed by atoms with E-state index >= 15 is 0 Å². The van der Waals surface area contributed by atoms with Gasteiger partial charge in [0.05, 0.1) is 5.69 Å². The van der Waals surface area contributed by atoms with Gasteiger partial charge in [0.25, 0.3) is 10.2 Å². The van der Waals surface area contributed by atoms with Crippen LogP contribution in [0.5, 0.6) is 0 Å². The Balaban J connectivity index is 3.12. The van der Waals surface area contributed by atoms with E-state index in [1.54, 1.807) is 6.92 Å². The molecule has 0 aliphatic carbocycles. The van der Waals surface area contributed by atoms with Crippen LogP contribution in [0.25, 0.3) is 0 Å². The zero-order valence-electron chi connectivity index (χ0n) is 8.16. The van der Waals surface area contributed by atoms with Crippen molar-refractivity contribution in [3.05, 3.63) is 17.5 Å². The smallest absolute Gasteiger partial charge is 0.339 e. The molecule has 1 aromatic heterocycles. The fourth-order valence-electron chi connectivity index (χ4n) is 1.08. The minimum absolute atomic E-state index is 0.00866. The number of carboxylic acids is 1. The van der Waals surface area contributed by atoms with Crippen LogP contribution in [-0.2, 0) is 10.2 Å². The zero-order valence-corrected chi connectivity index (χ0v) is 8.97. The number of aromatic amines is 1. The first-order chi connectivity index (χ1) is 6.87. The van der Waals surface area contributed by atoms with E-state index in [-0.39, 0.29) is 11.3 Å². The third-order valence-electron chi connectivity index (χ3n) is 1.80. The van der Waals surface area contributed by atoms with Crippen molar-refractivity contribution in [3.63, 3.8) is 0 Å². The summed E-state index contributed by atoms with van der Waals surface area (Å²) in [6, 6.07) is 0. The first kappa shape index (κ1) is 11.5. The van der Waals surface area contributed by atoms with E-state index in [0.29, 0.717) is 5.69 Å². The largest absolute Gasteiger partial charge is 0.478 e. The predicted octanol–water partition coefficient (Wildman–Crippen LogP) is -0.103. The van der Waals surface area contributed by atoms with E-state index in [4.69, 9.17) is 5.11 Å². The predicted molar refractivity (Wildman–Crippen MR) is 54.1 cm³/mol.